The summed E-state index contributed by atoms with van der Waals surface area (Å²) in [5.74, 6) is -0.744. The Morgan fingerprint density at radius 1 is 1.13 bits per heavy atom. The Balaban J connectivity index is 1.77. The number of methoxy groups -OCH3 is 1. The first-order valence-electron chi connectivity index (χ1n) is 9.78. The lowest BCUT2D eigenvalue weighted by molar-refractivity contribution is -0.146. The van der Waals surface area contributed by atoms with Gasteiger partial charge in [-0.1, -0.05) is 59.1 Å². The van der Waals surface area contributed by atoms with Crippen molar-refractivity contribution in [1.29, 1.82) is 0 Å². The van der Waals surface area contributed by atoms with Crippen molar-refractivity contribution < 1.29 is 19.1 Å². The van der Waals surface area contributed by atoms with E-state index < -0.39 is 11.8 Å². The molecule has 3 unspecified atom stereocenters. The van der Waals surface area contributed by atoms with Crippen LogP contribution in [0.1, 0.15) is 35.2 Å². The standard InChI is InChI=1S/C23H22Cl3NO4/c1-3-31-23(29)20(13-5-4-6-17(10-13)30-2)14-7-8-16(9-14)27-22(28)21-18(25)11-15(24)12-19(21)26/h4-8,10-12,14,16,20H,3,9H2,1-2H3,(H,27,28). The average molecular weight is 483 g/mol. The average Bonchev–Trinajstić information content (AvgIpc) is 3.15. The molecule has 1 aliphatic rings. The van der Waals surface area contributed by atoms with Crippen molar-refractivity contribution in [2.45, 2.75) is 25.3 Å². The molecule has 2 aromatic carbocycles. The van der Waals surface area contributed by atoms with Gasteiger partial charge in [-0.3, -0.25) is 9.59 Å². The molecule has 0 heterocycles. The number of hydrogen-bond acceptors (Lipinski definition) is 4. The molecule has 5 nitrogen and oxygen atoms in total. The molecule has 0 aromatic heterocycles. The second-order valence-corrected chi connectivity index (χ2v) is 8.37. The highest BCUT2D eigenvalue weighted by Gasteiger charge is 2.35. The highest BCUT2D eigenvalue weighted by molar-refractivity contribution is 6.42. The van der Waals surface area contributed by atoms with E-state index in [1.807, 2.05) is 36.4 Å². The van der Waals surface area contributed by atoms with Crippen molar-refractivity contribution in [2.75, 3.05) is 13.7 Å². The lowest BCUT2D eigenvalue weighted by atomic mass is 9.85. The zero-order valence-corrected chi connectivity index (χ0v) is 19.3. The number of amides is 1. The van der Waals surface area contributed by atoms with Crippen LogP contribution in [0.2, 0.25) is 15.1 Å². The summed E-state index contributed by atoms with van der Waals surface area (Å²) in [7, 11) is 1.58. The number of allylic oxidation sites excluding steroid dienone is 1. The number of ether oxygens (including phenoxy) is 2. The Labute approximate surface area is 196 Å². The number of nitrogens with one attached hydrogen (secondary N) is 1. The molecular weight excluding hydrogens is 461 g/mol. The van der Waals surface area contributed by atoms with E-state index in [0.29, 0.717) is 17.2 Å². The summed E-state index contributed by atoms with van der Waals surface area (Å²) in [4.78, 5) is 25.5. The van der Waals surface area contributed by atoms with Gasteiger partial charge in [0.15, 0.2) is 0 Å². The first-order valence-corrected chi connectivity index (χ1v) is 10.9. The van der Waals surface area contributed by atoms with E-state index in [2.05, 4.69) is 5.32 Å². The van der Waals surface area contributed by atoms with E-state index in [0.717, 1.165) is 5.56 Å². The fraction of sp³-hybridized carbons (Fsp3) is 0.304. The third kappa shape index (κ3) is 5.53. The van der Waals surface area contributed by atoms with Crippen LogP contribution in [0.4, 0.5) is 0 Å². The topological polar surface area (TPSA) is 64.6 Å². The molecule has 3 rings (SSSR count). The van der Waals surface area contributed by atoms with Crippen LogP contribution < -0.4 is 10.1 Å². The SMILES string of the molecule is CCOC(=O)C(c1cccc(OC)c1)C1C=CC(NC(=O)c2c(Cl)cc(Cl)cc2Cl)C1. The maximum Gasteiger partial charge on any atom is 0.314 e. The number of hydrogen-bond donors (Lipinski definition) is 1. The summed E-state index contributed by atoms with van der Waals surface area (Å²) in [6.45, 7) is 2.05. The van der Waals surface area contributed by atoms with Crippen LogP contribution in [0, 0.1) is 5.92 Å². The Bertz CT molecular complexity index is 985. The van der Waals surface area contributed by atoms with Crippen LogP contribution in [0.3, 0.4) is 0 Å². The maximum atomic E-state index is 12.8. The van der Waals surface area contributed by atoms with E-state index in [1.165, 1.54) is 12.1 Å². The summed E-state index contributed by atoms with van der Waals surface area (Å²) in [6.07, 6.45) is 4.32. The number of rotatable bonds is 7. The quantitative estimate of drug-likeness (QED) is 0.407. The highest BCUT2D eigenvalue weighted by Crippen LogP contribution is 2.36. The monoisotopic (exact) mass is 481 g/mol. The molecule has 2 aromatic rings. The first kappa shape index (κ1) is 23.5. The van der Waals surface area contributed by atoms with Gasteiger partial charge >= 0.3 is 5.97 Å². The molecule has 0 radical (unpaired) electrons. The third-order valence-electron chi connectivity index (χ3n) is 5.09. The number of halogens is 3. The van der Waals surface area contributed by atoms with Gasteiger partial charge in [-0.25, -0.2) is 0 Å². The van der Waals surface area contributed by atoms with Gasteiger partial charge in [0.25, 0.3) is 5.91 Å². The molecule has 0 saturated heterocycles. The minimum Gasteiger partial charge on any atom is -0.497 e. The minimum absolute atomic E-state index is 0.160. The van der Waals surface area contributed by atoms with E-state index in [-0.39, 0.29) is 40.1 Å². The second-order valence-electron chi connectivity index (χ2n) is 7.12. The number of carbonyl (C=O) groups is 2. The normalized spacial score (nSPS) is 18.5. The summed E-state index contributed by atoms with van der Waals surface area (Å²) < 4.78 is 10.6. The first-order chi connectivity index (χ1) is 14.8. The van der Waals surface area contributed by atoms with Crippen molar-refractivity contribution in [3.05, 3.63) is 74.7 Å². The zero-order chi connectivity index (χ0) is 22.5. The molecule has 0 spiro atoms. The van der Waals surface area contributed by atoms with Gasteiger partial charge in [0.2, 0.25) is 0 Å². The van der Waals surface area contributed by atoms with Crippen LogP contribution in [-0.4, -0.2) is 31.6 Å². The largest absolute Gasteiger partial charge is 0.497 e. The fourth-order valence-corrected chi connectivity index (χ4v) is 4.69. The van der Waals surface area contributed by atoms with Crippen molar-refractivity contribution in [2.24, 2.45) is 5.92 Å². The molecule has 3 atom stereocenters. The van der Waals surface area contributed by atoms with Gasteiger partial charge in [0.1, 0.15) is 5.75 Å². The summed E-state index contributed by atoms with van der Waals surface area (Å²) in [5.41, 5.74) is 0.961. The van der Waals surface area contributed by atoms with Crippen LogP contribution in [0.15, 0.2) is 48.6 Å². The predicted molar refractivity (Wildman–Crippen MR) is 122 cm³/mol. The second kappa shape index (κ2) is 10.4. The van der Waals surface area contributed by atoms with Gasteiger partial charge in [0, 0.05) is 11.1 Å². The summed E-state index contributed by atoms with van der Waals surface area (Å²) in [5, 5.41) is 3.61. The molecule has 0 aliphatic heterocycles. The van der Waals surface area contributed by atoms with Gasteiger partial charge in [-0.05, 0) is 49.1 Å². The maximum absolute atomic E-state index is 12.8. The Hall–Kier alpha value is -2.21. The number of carbonyl (C=O) groups excluding carboxylic acids is 2. The molecule has 8 heteroatoms. The zero-order valence-electron chi connectivity index (χ0n) is 17.0. The number of esters is 1. The Morgan fingerprint density at radius 3 is 2.48 bits per heavy atom. The van der Waals surface area contributed by atoms with Crippen molar-refractivity contribution >= 4 is 46.7 Å². The smallest absolute Gasteiger partial charge is 0.314 e. The number of benzene rings is 2. The molecule has 1 N–H and O–H groups in total. The van der Waals surface area contributed by atoms with Crippen molar-refractivity contribution in [1.82, 2.24) is 5.32 Å². The van der Waals surface area contributed by atoms with Crippen LogP contribution in [0.5, 0.6) is 5.75 Å². The van der Waals surface area contributed by atoms with Crippen LogP contribution >= 0.6 is 34.8 Å². The van der Waals surface area contributed by atoms with Crippen molar-refractivity contribution in [3.8, 4) is 5.75 Å². The molecule has 0 fully saturated rings. The Morgan fingerprint density at radius 2 is 1.84 bits per heavy atom. The van der Waals surface area contributed by atoms with E-state index in [9.17, 15) is 9.59 Å². The molecule has 1 aliphatic carbocycles. The lowest BCUT2D eigenvalue weighted by Gasteiger charge is -2.23. The van der Waals surface area contributed by atoms with Gasteiger partial charge < -0.3 is 14.8 Å². The third-order valence-corrected chi connectivity index (χ3v) is 5.90. The van der Waals surface area contributed by atoms with E-state index in [4.69, 9.17) is 44.3 Å². The molecule has 1 amide bonds. The fourth-order valence-electron chi connectivity index (χ4n) is 3.71. The van der Waals surface area contributed by atoms with E-state index in [1.54, 1.807) is 14.0 Å². The Kier molecular flexibility index (Phi) is 7.87. The molecular formula is C23H22Cl3NO4. The van der Waals surface area contributed by atoms with Crippen molar-refractivity contribution in [3.63, 3.8) is 0 Å². The van der Waals surface area contributed by atoms with Crippen LogP contribution in [0.25, 0.3) is 0 Å². The highest BCUT2D eigenvalue weighted by atomic mass is 35.5. The molecule has 31 heavy (non-hydrogen) atoms. The van der Waals surface area contributed by atoms with Gasteiger partial charge in [0.05, 0.1) is 35.2 Å². The van der Waals surface area contributed by atoms with E-state index >= 15 is 0 Å². The molecule has 164 valence electrons. The van der Waals surface area contributed by atoms with Crippen LogP contribution in [-0.2, 0) is 9.53 Å². The molecule has 0 saturated carbocycles. The molecule has 0 bridgehead atoms. The lowest BCUT2D eigenvalue weighted by Crippen LogP contribution is -2.34. The summed E-state index contributed by atoms with van der Waals surface area (Å²) >= 11 is 18.2. The predicted octanol–water partition coefficient (Wildman–Crippen LogP) is 5.68. The minimum atomic E-state index is -0.518. The summed E-state index contributed by atoms with van der Waals surface area (Å²) in [6, 6.07) is 10.0. The van der Waals surface area contributed by atoms with Gasteiger partial charge in [-0.2, -0.15) is 0 Å². The van der Waals surface area contributed by atoms with Gasteiger partial charge in [-0.15, -0.1) is 0 Å².